The number of hydrogen-bond donors (Lipinski definition) is 1. The average molecular weight is 187 g/mol. The van der Waals surface area contributed by atoms with Gasteiger partial charge in [-0.05, 0) is 6.42 Å². The maximum Gasteiger partial charge on any atom is 0.410 e. The monoisotopic (exact) mass is 187 g/mol. The van der Waals surface area contributed by atoms with Crippen LogP contribution < -0.4 is 0 Å². The zero-order valence-electron chi connectivity index (χ0n) is 7.52. The zero-order valence-corrected chi connectivity index (χ0v) is 7.52. The first-order valence-corrected chi connectivity index (χ1v) is 4.30. The second kappa shape index (κ2) is 4.11. The molecule has 1 fully saturated rings. The Balaban J connectivity index is 2.40. The Morgan fingerprint density at radius 1 is 1.77 bits per heavy atom. The molecule has 1 saturated heterocycles. The van der Waals surface area contributed by atoms with Gasteiger partial charge in [-0.3, -0.25) is 4.79 Å². The predicted octanol–water partition coefficient (Wildman–Crippen LogP) is 0.692. The van der Waals surface area contributed by atoms with Crippen molar-refractivity contribution in [3.63, 3.8) is 0 Å². The summed E-state index contributed by atoms with van der Waals surface area (Å²) in [5.41, 5.74) is 0. The molecule has 13 heavy (non-hydrogen) atoms. The molecule has 5 nitrogen and oxygen atoms in total. The van der Waals surface area contributed by atoms with Crippen molar-refractivity contribution in [2.45, 2.75) is 25.9 Å². The molecule has 0 aromatic carbocycles. The number of carboxylic acid groups (broad SMARTS) is 1. The maximum absolute atomic E-state index is 11.1. The second-order valence-electron chi connectivity index (χ2n) is 3.05. The first-order chi connectivity index (χ1) is 6.13. The molecule has 5 heteroatoms. The van der Waals surface area contributed by atoms with Gasteiger partial charge in [-0.15, -0.1) is 0 Å². The third-order valence-electron chi connectivity index (χ3n) is 1.85. The number of aliphatic carboxylic acids is 1. The van der Waals surface area contributed by atoms with Crippen LogP contribution in [0.3, 0.4) is 0 Å². The number of hydrogen-bond acceptors (Lipinski definition) is 3. The quantitative estimate of drug-likeness (QED) is 0.703. The number of ether oxygens (including phenoxy) is 1. The highest BCUT2D eigenvalue weighted by atomic mass is 16.6. The van der Waals surface area contributed by atoms with Crippen molar-refractivity contribution in [1.29, 1.82) is 0 Å². The molecule has 1 heterocycles. The Hall–Kier alpha value is -1.26. The summed E-state index contributed by atoms with van der Waals surface area (Å²) in [6, 6.07) is 0. The lowest BCUT2D eigenvalue weighted by Crippen LogP contribution is -2.26. The van der Waals surface area contributed by atoms with Gasteiger partial charge in [0.1, 0.15) is 6.10 Å². The van der Waals surface area contributed by atoms with E-state index in [1.165, 1.54) is 4.90 Å². The SMILES string of the molecule is CCCN1CC(CC(=O)O)OC1=O. The van der Waals surface area contributed by atoms with Gasteiger partial charge in [0.25, 0.3) is 0 Å². The minimum Gasteiger partial charge on any atom is -0.481 e. The Morgan fingerprint density at radius 3 is 3.00 bits per heavy atom. The van der Waals surface area contributed by atoms with Crippen LogP contribution in [0.1, 0.15) is 19.8 Å². The lowest BCUT2D eigenvalue weighted by molar-refractivity contribution is -0.138. The first kappa shape index (κ1) is 9.83. The molecule has 0 radical (unpaired) electrons. The van der Waals surface area contributed by atoms with Crippen LogP contribution in [0.5, 0.6) is 0 Å². The van der Waals surface area contributed by atoms with Gasteiger partial charge < -0.3 is 14.7 Å². The predicted molar refractivity (Wildman–Crippen MR) is 44.4 cm³/mol. The Morgan fingerprint density at radius 2 is 2.46 bits per heavy atom. The van der Waals surface area contributed by atoms with Crippen LogP contribution in [-0.2, 0) is 9.53 Å². The fourth-order valence-electron chi connectivity index (χ4n) is 1.33. The van der Waals surface area contributed by atoms with Crippen LogP contribution in [0.15, 0.2) is 0 Å². The van der Waals surface area contributed by atoms with E-state index in [1.54, 1.807) is 0 Å². The summed E-state index contributed by atoms with van der Waals surface area (Å²) in [5.74, 6) is -0.934. The van der Waals surface area contributed by atoms with Gasteiger partial charge in [-0.25, -0.2) is 4.79 Å². The lowest BCUT2D eigenvalue weighted by Gasteiger charge is -2.09. The van der Waals surface area contributed by atoms with Gasteiger partial charge >= 0.3 is 12.1 Å². The smallest absolute Gasteiger partial charge is 0.410 e. The molecule has 1 amide bonds. The molecule has 74 valence electrons. The number of carbonyl (C=O) groups is 2. The molecular weight excluding hydrogens is 174 g/mol. The fraction of sp³-hybridized carbons (Fsp3) is 0.750. The number of rotatable bonds is 4. The van der Waals surface area contributed by atoms with E-state index in [2.05, 4.69) is 0 Å². The molecule has 0 bridgehead atoms. The Bertz CT molecular complexity index is 216. The van der Waals surface area contributed by atoms with E-state index in [-0.39, 0.29) is 6.42 Å². The standard InChI is InChI=1S/C8H13NO4/c1-2-3-9-5-6(4-7(10)11)13-8(9)12/h6H,2-5H2,1H3,(H,10,11). The molecule has 0 aromatic heterocycles. The molecule has 1 atom stereocenters. The summed E-state index contributed by atoms with van der Waals surface area (Å²) in [7, 11) is 0. The largest absolute Gasteiger partial charge is 0.481 e. The van der Waals surface area contributed by atoms with Crippen molar-refractivity contribution in [3.05, 3.63) is 0 Å². The maximum atomic E-state index is 11.1. The molecule has 0 saturated carbocycles. The second-order valence-corrected chi connectivity index (χ2v) is 3.05. The van der Waals surface area contributed by atoms with Crippen molar-refractivity contribution < 1.29 is 19.4 Å². The van der Waals surface area contributed by atoms with Crippen LogP contribution in [0, 0.1) is 0 Å². The fourth-order valence-corrected chi connectivity index (χ4v) is 1.33. The van der Waals surface area contributed by atoms with Crippen LogP contribution >= 0.6 is 0 Å². The number of cyclic esters (lactones) is 1. The average Bonchev–Trinajstić information content (AvgIpc) is 2.31. The van der Waals surface area contributed by atoms with Gasteiger partial charge in [-0.2, -0.15) is 0 Å². The van der Waals surface area contributed by atoms with Crippen LogP contribution in [0.2, 0.25) is 0 Å². The molecule has 0 spiro atoms. The van der Waals surface area contributed by atoms with Crippen molar-refractivity contribution >= 4 is 12.1 Å². The van der Waals surface area contributed by atoms with Crippen molar-refractivity contribution in [2.75, 3.05) is 13.1 Å². The third kappa shape index (κ3) is 2.61. The van der Waals surface area contributed by atoms with Crippen LogP contribution in [-0.4, -0.2) is 41.3 Å². The number of amides is 1. The molecule has 1 aliphatic heterocycles. The lowest BCUT2D eigenvalue weighted by atomic mass is 10.2. The van der Waals surface area contributed by atoms with Crippen LogP contribution in [0.4, 0.5) is 4.79 Å². The van der Waals surface area contributed by atoms with E-state index in [1.807, 2.05) is 6.92 Å². The number of nitrogens with zero attached hydrogens (tertiary/aromatic N) is 1. The summed E-state index contributed by atoms with van der Waals surface area (Å²) in [6.45, 7) is 2.99. The zero-order chi connectivity index (χ0) is 9.84. The van der Waals surface area contributed by atoms with Crippen molar-refractivity contribution in [3.8, 4) is 0 Å². The minimum atomic E-state index is -0.934. The highest BCUT2D eigenvalue weighted by Crippen LogP contribution is 2.13. The molecule has 1 N–H and O–H groups in total. The van der Waals surface area contributed by atoms with Crippen molar-refractivity contribution in [1.82, 2.24) is 4.90 Å². The Labute approximate surface area is 76.3 Å². The van der Waals surface area contributed by atoms with E-state index in [0.29, 0.717) is 13.1 Å². The third-order valence-corrected chi connectivity index (χ3v) is 1.85. The van der Waals surface area contributed by atoms with Gasteiger partial charge in [0, 0.05) is 6.54 Å². The number of carbonyl (C=O) groups excluding carboxylic acids is 1. The van der Waals surface area contributed by atoms with E-state index in [0.717, 1.165) is 6.42 Å². The first-order valence-electron chi connectivity index (χ1n) is 4.30. The topological polar surface area (TPSA) is 66.8 Å². The molecule has 0 aromatic rings. The van der Waals surface area contributed by atoms with E-state index in [9.17, 15) is 9.59 Å². The highest BCUT2D eigenvalue weighted by molar-refractivity contribution is 5.72. The van der Waals surface area contributed by atoms with Crippen molar-refractivity contribution in [2.24, 2.45) is 0 Å². The summed E-state index contributed by atoms with van der Waals surface area (Å²) in [4.78, 5) is 22.9. The molecule has 1 rings (SSSR count). The molecule has 1 aliphatic rings. The minimum absolute atomic E-state index is 0.105. The summed E-state index contributed by atoms with van der Waals surface area (Å²) >= 11 is 0. The molecule has 0 aliphatic carbocycles. The molecular formula is C8H13NO4. The van der Waals surface area contributed by atoms with Gasteiger partial charge in [-0.1, -0.05) is 6.92 Å². The van der Waals surface area contributed by atoms with E-state index < -0.39 is 18.2 Å². The normalized spacial score (nSPS) is 21.8. The van der Waals surface area contributed by atoms with E-state index >= 15 is 0 Å². The molecule has 1 unspecified atom stereocenters. The van der Waals surface area contributed by atoms with Gasteiger partial charge in [0.2, 0.25) is 0 Å². The number of carboxylic acids is 1. The van der Waals surface area contributed by atoms with Crippen LogP contribution in [0.25, 0.3) is 0 Å². The van der Waals surface area contributed by atoms with Gasteiger partial charge in [0.05, 0.1) is 13.0 Å². The summed E-state index contributed by atoms with van der Waals surface area (Å²) < 4.78 is 4.84. The van der Waals surface area contributed by atoms with E-state index in [4.69, 9.17) is 9.84 Å². The summed E-state index contributed by atoms with van der Waals surface area (Å²) in [6.07, 6.45) is -0.120. The van der Waals surface area contributed by atoms with Gasteiger partial charge in [0.15, 0.2) is 0 Å². The summed E-state index contributed by atoms with van der Waals surface area (Å²) in [5, 5.41) is 8.47. The highest BCUT2D eigenvalue weighted by Gasteiger charge is 2.31. The Kier molecular flexibility index (Phi) is 3.11.